The van der Waals surface area contributed by atoms with Crippen LogP contribution in [0.25, 0.3) is 0 Å². The van der Waals surface area contributed by atoms with Gasteiger partial charge in [0.15, 0.2) is 5.78 Å². The SMILES string of the molecule is COc1cccc(N(CCOc2ccc(C[C@H](Nc3ccccc3C(=O)c3ccccc3)C(=O)O)cc2)C(=O)C(C)C)c1. The van der Waals surface area contributed by atoms with Crippen molar-refractivity contribution in [2.75, 3.05) is 30.5 Å². The highest BCUT2D eigenvalue weighted by Gasteiger charge is 2.22. The maximum absolute atomic E-state index is 13.1. The summed E-state index contributed by atoms with van der Waals surface area (Å²) in [4.78, 5) is 39.9. The van der Waals surface area contributed by atoms with E-state index < -0.39 is 12.0 Å². The lowest BCUT2D eigenvalue weighted by Gasteiger charge is -2.25. The van der Waals surface area contributed by atoms with Crippen molar-refractivity contribution in [1.82, 2.24) is 0 Å². The van der Waals surface area contributed by atoms with E-state index in [1.54, 1.807) is 72.7 Å². The average molecular weight is 581 g/mol. The lowest BCUT2D eigenvalue weighted by Crippen LogP contribution is -2.37. The number of rotatable bonds is 14. The van der Waals surface area contributed by atoms with Gasteiger partial charge in [0, 0.05) is 40.9 Å². The zero-order valence-electron chi connectivity index (χ0n) is 24.5. The predicted molar refractivity (Wildman–Crippen MR) is 167 cm³/mol. The molecule has 8 nitrogen and oxygen atoms in total. The van der Waals surface area contributed by atoms with Gasteiger partial charge in [-0.3, -0.25) is 9.59 Å². The van der Waals surface area contributed by atoms with E-state index in [-0.39, 0.29) is 30.6 Å². The predicted octanol–water partition coefficient (Wildman–Crippen LogP) is 6.10. The minimum absolute atomic E-state index is 0.0218. The number of carbonyl (C=O) groups is 3. The van der Waals surface area contributed by atoms with Crippen molar-refractivity contribution < 1.29 is 29.0 Å². The van der Waals surface area contributed by atoms with Gasteiger partial charge in [-0.1, -0.05) is 74.5 Å². The third kappa shape index (κ3) is 8.23. The summed E-state index contributed by atoms with van der Waals surface area (Å²) in [6.07, 6.45) is 0.190. The monoisotopic (exact) mass is 580 g/mol. The van der Waals surface area contributed by atoms with Crippen LogP contribution in [0.4, 0.5) is 11.4 Å². The van der Waals surface area contributed by atoms with Crippen molar-refractivity contribution in [2.45, 2.75) is 26.3 Å². The zero-order chi connectivity index (χ0) is 30.8. The smallest absolute Gasteiger partial charge is 0.326 e. The Bertz CT molecular complexity index is 1540. The van der Waals surface area contributed by atoms with Crippen LogP contribution in [0.1, 0.15) is 35.3 Å². The Morgan fingerprint density at radius 1 is 0.837 bits per heavy atom. The Balaban J connectivity index is 1.40. The molecule has 0 saturated heterocycles. The van der Waals surface area contributed by atoms with Crippen LogP contribution in [0.15, 0.2) is 103 Å². The van der Waals surface area contributed by atoms with Crippen LogP contribution in [0, 0.1) is 5.92 Å². The van der Waals surface area contributed by atoms with Gasteiger partial charge in [-0.2, -0.15) is 0 Å². The first kappa shape index (κ1) is 30.8. The van der Waals surface area contributed by atoms with Gasteiger partial charge in [-0.15, -0.1) is 0 Å². The first-order valence-electron chi connectivity index (χ1n) is 14.1. The Morgan fingerprint density at radius 3 is 2.21 bits per heavy atom. The molecule has 43 heavy (non-hydrogen) atoms. The highest BCUT2D eigenvalue weighted by atomic mass is 16.5. The van der Waals surface area contributed by atoms with Crippen molar-refractivity contribution in [1.29, 1.82) is 0 Å². The number of methoxy groups -OCH3 is 1. The topological polar surface area (TPSA) is 105 Å². The van der Waals surface area contributed by atoms with Crippen LogP contribution in [-0.2, 0) is 16.0 Å². The van der Waals surface area contributed by atoms with E-state index in [2.05, 4.69) is 5.32 Å². The highest BCUT2D eigenvalue weighted by Crippen LogP contribution is 2.24. The van der Waals surface area contributed by atoms with Crippen LogP contribution in [0.2, 0.25) is 0 Å². The molecule has 0 spiro atoms. The molecule has 4 rings (SSSR count). The van der Waals surface area contributed by atoms with Gasteiger partial charge >= 0.3 is 5.97 Å². The average Bonchev–Trinajstić information content (AvgIpc) is 3.03. The number of benzene rings is 4. The van der Waals surface area contributed by atoms with Crippen LogP contribution in [-0.4, -0.2) is 49.1 Å². The van der Waals surface area contributed by atoms with E-state index >= 15 is 0 Å². The van der Waals surface area contributed by atoms with Gasteiger partial charge < -0.3 is 24.8 Å². The molecule has 0 aromatic heterocycles. The van der Waals surface area contributed by atoms with E-state index in [9.17, 15) is 19.5 Å². The summed E-state index contributed by atoms with van der Waals surface area (Å²) in [7, 11) is 1.58. The number of hydrogen-bond acceptors (Lipinski definition) is 6. The minimum atomic E-state index is -1.03. The number of nitrogens with one attached hydrogen (secondary N) is 1. The molecule has 2 N–H and O–H groups in total. The summed E-state index contributed by atoms with van der Waals surface area (Å²) in [5.74, 6) is -0.165. The Morgan fingerprint density at radius 2 is 1.53 bits per heavy atom. The molecule has 0 saturated carbocycles. The van der Waals surface area contributed by atoms with E-state index in [4.69, 9.17) is 9.47 Å². The second-order valence-electron chi connectivity index (χ2n) is 10.3. The van der Waals surface area contributed by atoms with E-state index in [0.29, 0.717) is 34.9 Å². The summed E-state index contributed by atoms with van der Waals surface area (Å²) in [6.45, 7) is 4.32. The van der Waals surface area contributed by atoms with E-state index in [0.717, 1.165) is 11.3 Å². The minimum Gasteiger partial charge on any atom is -0.497 e. The van der Waals surface area contributed by atoms with Gasteiger partial charge in [-0.05, 0) is 42.0 Å². The molecule has 1 atom stereocenters. The van der Waals surface area contributed by atoms with E-state index in [1.165, 1.54) is 0 Å². The van der Waals surface area contributed by atoms with Gasteiger partial charge in [-0.25, -0.2) is 4.79 Å². The molecule has 222 valence electrons. The van der Waals surface area contributed by atoms with Crippen LogP contribution in [0.3, 0.4) is 0 Å². The lowest BCUT2D eigenvalue weighted by atomic mass is 10.00. The quantitative estimate of drug-likeness (QED) is 0.174. The van der Waals surface area contributed by atoms with Crippen molar-refractivity contribution in [3.8, 4) is 11.5 Å². The molecule has 1 amide bonds. The van der Waals surface area contributed by atoms with Crippen molar-refractivity contribution in [2.24, 2.45) is 5.92 Å². The lowest BCUT2D eigenvalue weighted by molar-refractivity contribution is -0.137. The molecular weight excluding hydrogens is 544 g/mol. The van der Waals surface area contributed by atoms with Crippen LogP contribution in [0.5, 0.6) is 11.5 Å². The third-order valence-corrected chi connectivity index (χ3v) is 6.91. The number of nitrogens with zero attached hydrogens (tertiary/aromatic N) is 1. The molecule has 8 heteroatoms. The Labute approximate surface area is 251 Å². The first-order chi connectivity index (χ1) is 20.8. The largest absolute Gasteiger partial charge is 0.497 e. The second kappa shape index (κ2) is 14.7. The maximum Gasteiger partial charge on any atom is 0.326 e. The fourth-order valence-electron chi connectivity index (χ4n) is 4.61. The summed E-state index contributed by atoms with van der Waals surface area (Å²) in [6, 6.07) is 29.4. The summed E-state index contributed by atoms with van der Waals surface area (Å²) >= 11 is 0. The Kier molecular flexibility index (Phi) is 10.5. The number of ether oxygens (including phenoxy) is 2. The van der Waals surface area contributed by atoms with E-state index in [1.807, 2.05) is 56.3 Å². The molecule has 0 unspecified atom stereocenters. The molecule has 4 aromatic carbocycles. The number of amides is 1. The fourth-order valence-corrected chi connectivity index (χ4v) is 4.61. The number of para-hydroxylation sites is 1. The molecule has 0 aliphatic heterocycles. The molecule has 0 fully saturated rings. The number of carboxylic acids is 1. The first-order valence-corrected chi connectivity index (χ1v) is 14.1. The molecule has 0 heterocycles. The van der Waals surface area contributed by atoms with Crippen molar-refractivity contribution in [3.63, 3.8) is 0 Å². The normalized spacial score (nSPS) is 11.4. The fraction of sp³-hybridized carbons (Fsp3) is 0.229. The number of hydrogen-bond donors (Lipinski definition) is 2. The van der Waals surface area contributed by atoms with Gasteiger partial charge in [0.1, 0.15) is 24.1 Å². The second-order valence-corrected chi connectivity index (χ2v) is 10.3. The maximum atomic E-state index is 13.1. The summed E-state index contributed by atoms with van der Waals surface area (Å²) < 4.78 is 11.3. The zero-order valence-corrected chi connectivity index (χ0v) is 24.5. The number of aliphatic carboxylic acids is 1. The van der Waals surface area contributed by atoms with Crippen molar-refractivity contribution >= 4 is 29.0 Å². The standard InChI is InChI=1S/C35H36N2O6/c1-24(2)34(39)37(27-12-9-13-29(23-27)42-3)20-21-43-28-18-16-25(17-19-28)22-32(35(40)41)36-31-15-8-7-14-30(31)33(38)26-10-5-4-6-11-26/h4-19,23-24,32,36H,20-22H2,1-3H3,(H,40,41)/t32-/m0/s1. The van der Waals surface area contributed by atoms with Crippen LogP contribution >= 0.6 is 0 Å². The summed E-state index contributed by atoms with van der Waals surface area (Å²) in [5, 5.41) is 13.0. The van der Waals surface area contributed by atoms with Gasteiger partial charge in [0.25, 0.3) is 0 Å². The third-order valence-electron chi connectivity index (χ3n) is 6.91. The number of ketones is 1. The number of carbonyl (C=O) groups excluding carboxylic acids is 2. The molecule has 0 bridgehead atoms. The molecule has 0 aliphatic carbocycles. The molecule has 0 radical (unpaired) electrons. The van der Waals surface area contributed by atoms with Crippen molar-refractivity contribution in [3.05, 3.63) is 120 Å². The number of anilines is 2. The molecule has 4 aromatic rings. The van der Waals surface area contributed by atoms with Gasteiger partial charge in [0.2, 0.25) is 5.91 Å². The molecular formula is C35H36N2O6. The number of carboxylic acid groups (broad SMARTS) is 1. The van der Waals surface area contributed by atoms with Crippen LogP contribution < -0.4 is 19.7 Å². The summed E-state index contributed by atoms with van der Waals surface area (Å²) in [5.41, 5.74) is 2.91. The highest BCUT2D eigenvalue weighted by molar-refractivity contribution is 6.12. The Hall–Kier alpha value is -5.11. The molecule has 0 aliphatic rings. The van der Waals surface area contributed by atoms with Gasteiger partial charge in [0.05, 0.1) is 13.7 Å².